The average molecular weight is 491 g/mol. The van der Waals surface area contributed by atoms with E-state index in [0.29, 0.717) is 16.8 Å². The monoisotopic (exact) mass is 490 g/mol. The Morgan fingerprint density at radius 1 is 1.10 bits per heavy atom. The molecule has 0 saturated carbocycles. The maximum absolute atomic E-state index is 13.8. The van der Waals surface area contributed by atoms with Crippen LogP contribution in [-0.2, 0) is 16.0 Å². The van der Waals surface area contributed by atoms with Gasteiger partial charge in [0, 0.05) is 28.8 Å². The smallest absolute Gasteiger partial charge is 0.310 e. The zero-order valence-electron chi connectivity index (χ0n) is 18.1. The first kappa shape index (κ1) is 23.3. The molecular formula is C24H28BrFN2O3. The van der Waals surface area contributed by atoms with Gasteiger partial charge in [-0.05, 0) is 97.9 Å². The molecule has 7 heteroatoms. The third kappa shape index (κ3) is 6.53. The molecule has 0 radical (unpaired) electrons. The number of halogens is 2. The molecule has 166 valence electrons. The van der Waals surface area contributed by atoms with E-state index >= 15 is 0 Å². The van der Waals surface area contributed by atoms with Crippen molar-refractivity contribution in [1.29, 1.82) is 0 Å². The van der Waals surface area contributed by atoms with Gasteiger partial charge in [-0.15, -0.1) is 0 Å². The quantitative estimate of drug-likeness (QED) is 0.544. The van der Waals surface area contributed by atoms with Gasteiger partial charge >= 0.3 is 5.97 Å². The zero-order chi connectivity index (χ0) is 22.6. The predicted octanol–water partition coefficient (Wildman–Crippen LogP) is 5.72. The van der Waals surface area contributed by atoms with Crippen molar-refractivity contribution in [1.82, 2.24) is 0 Å². The summed E-state index contributed by atoms with van der Waals surface area (Å²) < 4.78 is 20.0. The molecular weight excluding hydrogens is 463 g/mol. The molecule has 0 aromatic heterocycles. The van der Waals surface area contributed by atoms with E-state index in [9.17, 15) is 14.0 Å². The van der Waals surface area contributed by atoms with E-state index in [4.69, 9.17) is 4.74 Å². The van der Waals surface area contributed by atoms with Crippen LogP contribution in [0, 0.1) is 5.82 Å². The first-order chi connectivity index (χ1) is 14.6. The highest BCUT2D eigenvalue weighted by Gasteiger charge is 2.20. The molecule has 1 N–H and O–H groups in total. The minimum atomic E-state index is -0.643. The van der Waals surface area contributed by atoms with Crippen molar-refractivity contribution in [3.05, 3.63) is 57.8 Å². The molecule has 3 rings (SSSR count). The Balaban J connectivity index is 1.75. The van der Waals surface area contributed by atoms with Gasteiger partial charge in [0.2, 0.25) is 0 Å². The first-order valence-corrected chi connectivity index (χ1v) is 11.3. The first-order valence-electron chi connectivity index (χ1n) is 10.5. The standard InChI is InChI=1S/C24H28BrFN2O3/c1-24(2,3)31-22(29)15-17-13-18(26)8-9-20(17)27-23(30)16-7-10-21(19(25)14-16)28-11-5-4-6-12-28/h7-10,13-14H,4-6,11-12,15H2,1-3H3,(H,27,30). The molecule has 5 nitrogen and oxygen atoms in total. The number of amides is 1. The van der Waals surface area contributed by atoms with Crippen molar-refractivity contribution in [2.24, 2.45) is 0 Å². The summed E-state index contributed by atoms with van der Waals surface area (Å²) in [6.45, 7) is 7.32. The van der Waals surface area contributed by atoms with E-state index in [2.05, 4.69) is 26.1 Å². The Hall–Kier alpha value is -2.41. The summed E-state index contributed by atoms with van der Waals surface area (Å²) in [6, 6.07) is 9.47. The average Bonchev–Trinajstić information content (AvgIpc) is 2.69. The molecule has 0 spiro atoms. The van der Waals surface area contributed by atoms with Crippen molar-refractivity contribution in [2.45, 2.75) is 52.1 Å². The number of rotatable bonds is 5. The highest BCUT2D eigenvalue weighted by Crippen LogP contribution is 2.30. The lowest BCUT2D eigenvalue weighted by molar-refractivity contribution is -0.153. The van der Waals surface area contributed by atoms with Crippen molar-refractivity contribution in [3.8, 4) is 0 Å². The molecule has 1 fully saturated rings. The molecule has 2 aromatic carbocycles. The van der Waals surface area contributed by atoms with Crippen LogP contribution in [-0.4, -0.2) is 30.6 Å². The van der Waals surface area contributed by atoms with Gasteiger partial charge < -0.3 is 15.0 Å². The van der Waals surface area contributed by atoms with Crippen LogP contribution in [0.1, 0.15) is 56.0 Å². The summed E-state index contributed by atoms with van der Waals surface area (Å²) in [6.07, 6.45) is 3.44. The minimum absolute atomic E-state index is 0.137. The largest absolute Gasteiger partial charge is 0.460 e. The van der Waals surface area contributed by atoms with Crippen LogP contribution < -0.4 is 10.2 Å². The molecule has 1 amide bonds. The molecule has 2 aromatic rings. The van der Waals surface area contributed by atoms with Crippen LogP contribution >= 0.6 is 15.9 Å². The molecule has 0 bridgehead atoms. The van der Waals surface area contributed by atoms with E-state index in [1.54, 1.807) is 32.9 Å². The van der Waals surface area contributed by atoms with Gasteiger partial charge in [-0.2, -0.15) is 0 Å². The van der Waals surface area contributed by atoms with Crippen molar-refractivity contribution >= 4 is 39.2 Å². The number of piperidine rings is 1. The summed E-state index contributed by atoms with van der Waals surface area (Å²) in [7, 11) is 0. The summed E-state index contributed by atoms with van der Waals surface area (Å²) in [5, 5.41) is 2.80. The molecule has 0 aliphatic carbocycles. The van der Waals surface area contributed by atoms with E-state index in [0.717, 1.165) is 23.2 Å². The molecule has 1 heterocycles. The maximum atomic E-state index is 13.8. The summed E-state index contributed by atoms with van der Waals surface area (Å²) >= 11 is 3.59. The Labute approximate surface area is 191 Å². The minimum Gasteiger partial charge on any atom is -0.460 e. The van der Waals surface area contributed by atoms with Crippen molar-refractivity contribution < 1.29 is 18.7 Å². The topological polar surface area (TPSA) is 58.6 Å². The lowest BCUT2D eigenvalue weighted by atomic mass is 10.1. The van der Waals surface area contributed by atoms with E-state index in [1.165, 1.54) is 37.5 Å². The Morgan fingerprint density at radius 2 is 1.81 bits per heavy atom. The van der Waals surface area contributed by atoms with Gasteiger partial charge in [0.25, 0.3) is 5.91 Å². The number of esters is 1. The van der Waals surface area contributed by atoms with Crippen LogP contribution in [0.15, 0.2) is 40.9 Å². The van der Waals surface area contributed by atoms with Gasteiger partial charge in [-0.3, -0.25) is 9.59 Å². The number of ether oxygens (including phenoxy) is 1. The second kappa shape index (κ2) is 9.81. The number of carbonyl (C=O) groups is 2. The van der Waals surface area contributed by atoms with Gasteiger partial charge in [-0.1, -0.05) is 0 Å². The summed E-state index contributed by atoms with van der Waals surface area (Å²) in [4.78, 5) is 27.4. The van der Waals surface area contributed by atoms with E-state index in [1.807, 2.05) is 6.07 Å². The number of hydrogen-bond acceptors (Lipinski definition) is 4. The number of carbonyl (C=O) groups excluding carboxylic acids is 2. The molecule has 1 saturated heterocycles. The number of anilines is 2. The Kier molecular flexibility index (Phi) is 7.36. The number of nitrogens with zero attached hydrogens (tertiary/aromatic N) is 1. The van der Waals surface area contributed by atoms with E-state index in [-0.39, 0.29) is 12.3 Å². The normalized spacial score (nSPS) is 14.3. The predicted molar refractivity (Wildman–Crippen MR) is 124 cm³/mol. The Bertz CT molecular complexity index is 966. The molecule has 31 heavy (non-hydrogen) atoms. The fourth-order valence-electron chi connectivity index (χ4n) is 3.60. The highest BCUT2D eigenvalue weighted by atomic mass is 79.9. The molecule has 1 aliphatic heterocycles. The summed E-state index contributed by atoms with van der Waals surface area (Å²) in [5.41, 5.74) is 1.65. The van der Waals surface area contributed by atoms with E-state index < -0.39 is 17.4 Å². The van der Waals surface area contributed by atoms with Crippen LogP contribution in [0.2, 0.25) is 0 Å². The lowest BCUT2D eigenvalue weighted by Gasteiger charge is -2.29. The van der Waals surface area contributed by atoms with Gasteiger partial charge in [0.15, 0.2) is 0 Å². The fraction of sp³-hybridized carbons (Fsp3) is 0.417. The van der Waals surface area contributed by atoms with Gasteiger partial charge in [0.05, 0.1) is 12.1 Å². The second-order valence-corrected chi connectivity index (χ2v) is 9.59. The number of hydrogen-bond donors (Lipinski definition) is 1. The maximum Gasteiger partial charge on any atom is 0.310 e. The third-order valence-electron chi connectivity index (χ3n) is 4.98. The number of benzene rings is 2. The van der Waals surface area contributed by atoms with Crippen molar-refractivity contribution in [2.75, 3.05) is 23.3 Å². The summed E-state index contributed by atoms with van der Waals surface area (Å²) in [5.74, 6) is -1.30. The third-order valence-corrected chi connectivity index (χ3v) is 5.61. The fourth-order valence-corrected chi connectivity index (χ4v) is 4.23. The number of nitrogens with one attached hydrogen (secondary N) is 1. The Morgan fingerprint density at radius 3 is 2.45 bits per heavy atom. The van der Waals surface area contributed by atoms with Gasteiger partial charge in [0.1, 0.15) is 11.4 Å². The molecule has 0 unspecified atom stereocenters. The SMILES string of the molecule is CC(C)(C)OC(=O)Cc1cc(F)ccc1NC(=O)c1ccc(N2CCCCC2)c(Br)c1. The highest BCUT2D eigenvalue weighted by molar-refractivity contribution is 9.10. The second-order valence-electron chi connectivity index (χ2n) is 8.73. The molecule has 1 aliphatic rings. The molecule has 0 atom stereocenters. The van der Waals surface area contributed by atoms with Crippen molar-refractivity contribution in [3.63, 3.8) is 0 Å². The van der Waals surface area contributed by atoms with Crippen LogP contribution in [0.3, 0.4) is 0 Å². The zero-order valence-corrected chi connectivity index (χ0v) is 19.7. The lowest BCUT2D eigenvalue weighted by Crippen LogP contribution is -2.29. The van der Waals surface area contributed by atoms with Crippen LogP contribution in [0.5, 0.6) is 0 Å². The van der Waals surface area contributed by atoms with Gasteiger partial charge in [-0.25, -0.2) is 4.39 Å². The van der Waals surface area contributed by atoms with Crippen LogP contribution in [0.4, 0.5) is 15.8 Å². The van der Waals surface area contributed by atoms with Crippen LogP contribution in [0.25, 0.3) is 0 Å².